The topological polar surface area (TPSA) is 62.3 Å². The number of imidazole rings is 1. The van der Waals surface area contributed by atoms with Gasteiger partial charge in [0, 0.05) is 18.7 Å². The lowest BCUT2D eigenvalue weighted by atomic mass is 10.2. The largest absolute Gasteiger partial charge is 0.497 e. The van der Waals surface area contributed by atoms with Crippen LogP contribution in [0.2, 0.25) is 0 Å². The van der Waals surface area contributed by atoms with E-state index in [4.69, 9.17) is 15.2 Å². The number of hydrogen-bond acceptors (Lipinski definition) is 4. The summed E-state index contributed by atoms with van der Waals surface area (Å²) < 4.78 is 12.5. The number of rotatable bonds is 3. The molecule has 2 aromatic carbocycles. The van der Waals surface area contributed by atoms with Crippen LogP contribution in [0.15, 0.2) is 36.4 Å². The van der Waals surface area contributed by atoms with Crippen molar-refractivity contribution < 1.29 is 9.47 Å². The van der Waals surface area contributed by atoms with E-state index in [-0.39, 0.29) is 0 Å². The molecule has 2 N–H and O–H groups in total. The predicted octanol–water partition coefficient (Wildman–Crippen LogP) is 2.84. The van der Waals surface area contributed by atoms with Crippen molar-refractivity contribution in [3.8, 4) is 22.9 Å². The Morgan fingerprint density at radius 1 is 1.05 bits per heavy atom. The molecule has 3 rings (SSSR count). The van der Waals surface area contributed by atoms with E-state index in [9.17, 15) is 0 Å². The van der Waals surface area contributed by atoms with Crippen LogP contribution in [0, 0.1) is 0 Å². The van der Waals surface area contributed by atoms with Gasteiger partial charge in [0.2, 0.25) is 0 Å². The smallest absolute Gasteiger partial charge is 0.141 e. The van der Waals surface area contributed by atoms with Crippen LogP contribution in [-0.4, -0.2) is 23.8 Å². The Balaban J connectivity index is 2.16. The van der Waals surface area contributed by atoms with Gasteiger partial charge in [0.25, 0.3) is 0 Å². The molecule has 21 heavy (non-hydrogen) atoms. The first-order chi connectivity index (χ1) is 10.1. The molecule has 0 fully saturated rings. The Bertz CT molecular complexity index is 809. The number of anilines is 1. The molecule has 108 valence electrons. The highest BCUT2D eigenvalue weighted by molar-refractivity contribution is 5.82. The van der Waals surface area contributed by atoms with E-state index in [1.165, 1.54) is 0 Å². The molecular weight excluding hydrogens is 266 g/mol. The average Bonchev–Trinajstić information content (AvgIpc) is 2.83. The van der Waals surface area contributed by atoms with Gasteiger partial charge in [-0.1, -0.05) is 0 Å². The molecule has 0 radical (unpaired) electrons. The zero-order valence-electron chi connectivity index (χ0n) is 12.3. The molecule has 0 aliphatic rings. The first-order valence-electron chi connectivity index (χ1n) is 6.58. The van der Waals surface area contributed by atoms with E-state index in [2.05, 4.69) is 4.98 Å². The molecule has 1 aromatic heterocycles. The van der Waals surface area contributed by atoms with Crippen molar-refractivity contribution in [1.82, 2.24) is 9.55 Å². The standard InChI is InChI=1S/C16H17N3O2/c1-19-14-6-5-11(20-2)9-13(14)18-16(19)10-4-7-15(21-3)12(17)8-10/h4-9H,17H2,1-3H3. The minimum absolute atomic E-state index is 0.597. The highest BCUT2D eigenvalue weighted by Crippen LogP contribution is 2.30. The lowest BCUT2D eigenvalue weighted by molar-refractivity contribution is 0.415. The van der Waals surface area contributed by atoms with E-state index in [0.717, 1.165) is 28.2 Å². The van der Waals surface area contributed by atoms with Crippen LogP contribution in [0.4, 0.5) is 5.69 Å². The molecule has 0 bridgehead atoms. The SMILES string of the molecule is COc1ccc2c(c1)nc(-c1ccc(OC)c(N)c1)n2C. The Morgan fingerprint density at radius 2 is 1.86 bits per heavy atom. The summed E-state index contributed by atoms with van der Waals surface area (Å²) in [6.45, 7) is 0. The highest BCUT2D eigenvalue weighted by Gasteiger charge is 2.12. The number of nitrogens with two attached hydrogens (primary N) is 1. The summed E-state index contributed by atoms with van der Waals surface area (Å²) in [6, 6.07) is 11.5. The van der Waals surface area contributed by atoms with Crippen LogP contribution in [-0.2, 0) is 7.05 Å². The van der Waals surface area contributed by atoms with Crippen LogP contribution in [0.1, 0.15) is 0 Å². The predicted molar refractivity (Wildman–Crippen MR) is 83.7 cm³/mol. The second-order valence-corrected chi connectivity index (χ2v) is 4.81. The number of ether oxygens (including phenoxy) is 2. The Kier molecular flexibility index (Phi) is 3.17. The van der Waals surface area contributed by atoms with E-state index < -0.39 is 0 Å². The Hall–Kier alpha value is -2.69. The molecule has 0 spiro atoms. The van der Waals surface area contributed by atoms with Crippen LogP contribution >= 0.6 is 0 Å². The summed E-state index contributed by atoms with van der Waals surface area (Å²) in [4.78, 5) is 4.67. The number of aryl methyl sites for hydroxylation is 1. The number of nitrogens with zero attached hydrogens (tertiary/aromatic N) is 2. The molecular formula is C16H17N3O2. The van der Waals surface area contributed by atoms with Gasteiger partial charge in [-0.25, -0.2) is 4.98 Å². The maximum Gasteiger partial charge on any atom is 0.141 e. The molecule has 3 aromatic rings. The summed E-state index contributed by atoms with van der Waals surface area (Å²) >= 11 is 0. The highest BCUT2D eigenvalue weighted by atomic mass is 16.5. The molecule has 1 heterocycles. The van der Waals surface area contributed by atoms with Gasteiger partial charge >= 0.3 is 0 Å². The molecule has 5 heteroatoms. The quantitative estimate of drug-likeness (QED) is 0.751. The molecule has 0 aliphatic carbocycles. The third-order valence-electron chi connectivity index (χ3n) is 3.58. The van der Waals surface area contributed by atoms with Gasteiger partial charge in [0.1, 0.15) is 17.3 Å². The Labute approximate surface area is 122 Å². The molecule has 0 atom stereocenters. The van der Waals surface area contributed by atoms with Gasteiger partial charge < -0.3 is 19.8 Å². The van der Waals surface area contributed by atoms with Gasteiger partial charge in [0.15, 0.2) is 0 Å². The number of benzene rings is 2. The van der Waals surface area contributed by atoms with Crippen molar-refractivity contribution in [2.45, 2.75) is 0 Å². The number of methoxy groups -OCH3 is 2. The lowest BCUT2D eigenvalue weighted by Gasteiger charge is -2.07. The van der Waals surface area contributed by atoms with Gasteiger partial charge in [-0.2, -0.15) is 0 Å². The summed E-state index contributed by atoms with van der Waals surface area (Å²) in [5, 5.41) is 0. The lowest BCUT2D eigenvalue weighted by Crippen LogP contribution is -1.96. The van der Waals surface area contributed by atoms with Gasteiger partial charge in [-0.3, -0.25) is 0 Å². The third-order valence-corrected chi connectivity index (χ3v) is 3.58. The minimum Gasteiger partial charge on any atom is -0.497 e. The molecule has 0 unspecified atom stereocenters. The van der Waals surface area contributed by atoms with Gasteiger partial charge in [-0.15, -0.1) is 0 Å². The van der Waals surface area contributed by atoms with E-state index in [0.29, 0.717) is 11.4 Å². The zero-order valence-corrected chi connectivity index (χ0v) is 12.3. The van der Waals surface area contributed by atoms with E-state index in [1.807, 2.05) is 48.0 Å². The fourth-order valence-electron chi connectivity index (χ4n) is 2.44. The van der Waals surface area contributed by atoms with Crippen molar-refractivity contribution in [2.24, 2.45) is 7.05 Å². The fourth-order valence-corrected chi connectivity index (χ4v) is 2.44. The van der Waals surface area contributed by atoms with Crippen molar-refractivity contribution in [2.75, 3.05) is 20.0 Å². The summed E-state index contributed by atoms with van der Waals surface area (Å²) in [6.07, 6.45) is 0. The number of nitrogen functional groups attached to an aromatic ring is 1. The number of fused-ring (bicyclic) bond motifs is 1. The third kappa shape index (κ3) is 2.16. The number of aromatic nitrogens is 2. The fraction of sp³-hybridized carbons (Fsp3) is 0.188. The zero-order chi connectivity index (χ0) is 15.0. The normalized spacial score (nSPS) is 10.8. The van der Waals surface area contributed by atoms with Gasteiger partial charge in [0.05, 0.1) is 30.9 Å². The molecule has 0 saturated carbocycles. The monoisotopic (exact) mass is 283 g/mol. The van der Waals surface area contributed by atoms with E-state index >= 15 is 0 Å². The van der Waals surface area contributed by atoms with Crippen LogP contribution in [0.5, 0.6) is 11.5 Å². The molecule has 0 amide bonds. The minimum atomic E-state index is 0.597. The van der Waals surface area contributed by atoms with Gasteiger partial charge in [-0.05, 0) is 30.3 Å². The maximum atomic E-state index is 5.98. The molecule has 5 nitrogen and oxygen atoms in total. The van der Waals surface area contributed by atoms with Crippen LogP contribution in [0.3, 0.4) is 0 Å². The summed E-state index contributed by atoms with van der Waals surface area (Å²) in [5.74, 6) is 2.31. The van der Waals surface area contributed by atoms with Crippen LogP contribution < -0.4 is 15.2 Å². The Morgan fingerprint density at radius 3 is 2.52 bits per heavy atom. The van der Waals surface area contributed by atoms with E-state index in [1.54, 1.807) is 14.2 Å². The van der Waals surface area contributed by atoms with Crippen molar-refractivity contribution in [3.05, 3.63) is 36.4 Å². The maximum absolute atomic E-state index is 5.98. The molecule has 0 aliphatic heterocycles. The average molecular weight is 283 g/mol. The second-order valence-electron chi connectivity index (χ2n) is 4.81. The van der Waals surface area contributed by atoms with Crippen molar-refractivity contribution in [1.29, 1.82) is 0 Å². The number of hydrogen-bond donors (Lipinski definition) is 1. The first kappa shape index (κ1) is 13.3. The summed E-state index contributed by atoms with van der Waals surface area (Å²) in [7, 11) is 5.24. The van der Waals surface area contributed by atoms with Crippen molar-refractivity contribution in [3.63, 3.8) is 0 Å². The molecule has 0 saturated heterocycles. The summed E-state index contributed by atoms with van der Waals surface area (Å²) in [5.41, 5.74) is 9.46. The first-order valence-corrected chi connectivity index (χ1v) is 6.58. The van der Waals surface area contributed by atoms with Crippen LogP contribution in [0.25, 0.3) is 22.4 Å². The van der Waals surface area contributed by atoms with Crippen molar-refractivity contribution >= 4 is 16.7 Å². The second kappa shape index (κ2) is 5.01.